The zero-order valence-corrected chi connectivity index (χ0v) is 15.5. The summed E-state index contributed by atoms with van der Waals surface area (Å²) in [5.74, 6) is -0.663. The van der Waals surface area contributed by atoms with Gasteiger partial charge < -0.3 is 12.0 Å². The second-order valence-electron chi connectivity index (χ2n) is 4.83. The SMILES string of the molecule is CCCCCCCCCC(=O)O.[CH2-]CCCCC.[Na+]. The molecule has 0 spiro atoms. The van der Waals surface area contributed by atoms with Crippen LogP contribution in [0.2, 0.25) is 0 Å². The molecule has 0 unspecified atom stereocenters. The Morgan fingerprint density at radius 2 is 1.26 bits per heavy atom. The molecule has 2 nitrogen and oxygen atoms in total. The van der Waals surface area contributed by atoms with Crippen LogP contribution >= 0.6 is 0 Å². The molecule has 0 heterocycles. The fourth-order valence-electron chi connectivity index (χ4n) is 1.66. The zero-order valence-electron chi connectivity index (χ0n) is 13.5. The van der Waals surface area contributed by atoms with Gasteiger partial charge in [-0.25, -0.2) is 0 Å². The number of hydrogen-bond donors (Lipinski definition) is 1. The molecule has 0 saturated heterocycles. The van der Waals surface area contributed by atoms with Crippen LogP contribution in [-0.4, -0.2) is 11.1 Å². The largest absolute Gasteiger partial charge is 1.00 e. The molecule has 19 heavy (non-hydrogen) atoms. The van der Waals surface area contributed by atoms with Crippen molar-refractivity contribution in [2.45, 2.75) is 90.9 Å². The second-order valence-corrected chi connectivity index (χ2v) is 4.83. The maximum absolute atomic E-state index is 10.1. The van der Waals surface area contributed by atoms with Crippen LogP contribution in [0.1, 0.15) is 90.9 Å². The van der Waals surface area contributed by atoms with Gasteiger partial charge >= 0.3 is 35.5 Å². The van der Waals surface area contributed by atoms with Gasteiger partial charge in [-0.15, -0.1) is 0 Å². The number of aliphatic carboxylic acids is 1. The molecule has 0 aromatic heterocycles. The smallest absolute Gasteiger partial charge is 0.481 e. The Labute approximate surface area is 143 Å². The maximum atomic E-state index is 10.1. The van der Waals surface area contributed by atoms with Crippen LogP contribution in [0.15, 0.2) is 0 Å². The summed E-state index contributed by atoms with van der Waals surface area (Å²) in [4.78, 5) is 10.1. The van der Waals surface area contributed by atoms with E-state index in [0.29, 0.717) is 6.42 Å². The van der Waals surface area contributed by atoms with Gasteiger partial charge in [-0.05, 0) is 6.42 Å². The molecule has 0 aliphatic heterocycles. The normalized spacial score (nSPS) is 9.21. The van der Waals surface area contributed by atoms with E-state index in [9.17, 15) is 4.79 Å². The Balaban J connectivity index is -0.000000313. The molecular weight excluding hydrogens is 247 g/mol. The average Bonchev–Trinajstić information content (AvgIpc) is 2.36. The first kappa shape index (κ1) is 24.5. The number of carboxylic acid groups (broad SMARTS) is 1. The van der Waals surface area contributed by atoms with Crippen LogP contribution in [0.3, 0.4) is 0 Å². The van der Waals surface area contributed by atoms with E-state index in [1.165, 1.54) is 51.4 Å². The quantitative estimate of drug-likeness (QED) is 0.359. The third-order valence-electron chi connectivity index (χ3n) is 2.85. The van der Waals surface area contributed by atoms with Crippen LogP contribution in [0, 0.1) is 6.92 Å². The fraction of sp³-hybridized carbons (Fsp3) is 0.875. The van der Waals surface area contributed by atoms with Crippen LogP contribution < -0.4 is 29.6 Å². The minimum Gasteiger partial charge on any atom is -0.481 e. The first-order chi connectivity index (χ1) is 8.68. The summed E-state index contributed by atoms with van der Waals surface area (Å²) < 4.78 is 0. The van der Waals surface area contributed by atoms with E-state index in [1.54, 1.807) is 0 Å². The van der Waals surface area contributed by atoms with Crippen molar-refractivity contribution >= 4 is 5.97 Å². The molecule has 0 rings (SSSR count). The predicted molar refractivity (Wildman–Crippen MR) is 79.7 cm³/mol. The van der Waals surface area contributed by atoms with Crippen LogP contribution in [0.5, 0.6) is 0 Å². The van der Waals surface area contributed by atoms with Crippen LogP contribution in [-0.2, 0) is 4.79 Å². The third-order valence-corrected chi connectivity index (χ3v) is 2.85. The molecule has 0 aromatic carbocycles. The van der Waals surface area contributed by atoms with Crippen molar-refractivity contribution in [1.29, 1.82) is 0 Å². The predicted octanol–water partition coefficient (Wildman–Crippen LogP) is 2.62. The third kappa shape index (κ3) is 32.2. The molecule has 0 amide bonds. The van der Waals surface area contributed by atoms with E-state index >= 15 is 0 Å². The Morgan fingerprint density at radius 3 is 1.63 bits per heavy atom. The van der Waals surface area contributed by atoms with Gasteiger partial charge in [-0.1, -0.05) is 71.6 Å². The molecule has 0 aromatic rings. The minimum atomic E-state index is -0.663. The Bertz CT molecular complexity index is 157. The van der Waals surface area contributed by atoms with Gasteiger partial charge in [0.15, 0.2) is 0 Å². The monoisotopic (exact) mass is 280 g/mol. The first-order valence-electron chi connectivity index (χ1n) is 7.70. The van der Waals surface area contributed by atoms with Crippen molar-refractivity contribution in [3.8, 4) is 0 Å². The van der Waals surface area contributed by atoms with Crippen LogP contribution in [0.4, 0.5) is 0 Å². The maximum Gasteiger partial charge on any atom is 1.00 e. The number of rotatable bonds is 11. The molecule has 1 N–H and O–H groups in total. The minimum absolute atomic E-state index is 0. The van der Waals surface area contributed by atoms with E-state index in [4.69, 9.17) is 5.11 Å². The number of carbonyl (C=O) groups is 1. The van der Waals surface area contributed by atoms with Crippen molar-refractivity contribution in [2.75, 3.05) is 0 Å². The molecule has 110 valence electrons. The molecule has 0 aliphatic rings. The molecule has 0 atom stereocenters. The van der Waals surface area contributed by atoms with Gasteiger partial charge in [0.25, 0.3) is 0 Å². The molecule has 0 fully saturated rings. The van der Waals surface area contributed by atoms with E-state index < -0.39 is 5.97 Å². The Morgan fingerprint density at radius 1 is 0.842 bits per heavy atom. The summed E-state index contributed by atoms with van der Waals surface area (Å²) in [5.41, 5.74) is 0. The molecule has 0 bridgehead atoms. The topological polar surface area (TPSA) is 37.3 Å². The van der Waals surface area contributed by atoms with E-state index in [1.807, 2.05) is 0 Å². The molecular formula is C16H33NaO2. The number of hydrogen-bond acceptors (Lipinski definition) is 1. The van der Waals surface area contributed by atoms with Crippen LogP contribution in [0.25, 0.3) is 0 Å². The average molecular weight is 280 g/mol. The Hall–Kier alpha value is 0.470. The van der Waals surface area contributed by atoms with E-state index in [-0.39, 0.29) is 29.6 Å². The summed E-state index contributed by atoms with van der Waals surface area (Å²) in [6.45, 7) is 8.13. The summed E-state index contributed by atoms with van der Waals surface area (Å²) in [7, 11) is 0. The molecule has 0 radical (unpaired) electrons. The van der Waals surface area contributed by atoms with E-state index in [2.05, 4.69) is 20.8 Å². The summed E-state index contributed by atoms with van der Waals surface area (Å²) in [6, 6.07) is 0. The number of carboxylic acids is 1. The van der Waals surface area contributed by atoms with Gasteiger partial charge in [0.1, 0.15) is 0 Å². The molecule has 3 heteroatoms. The fourth-order valence-corrected chi connectivity index (χ4v) is 1.66. The van der Waals surface area contributed by atoms with Gasteiger partial charge in [-0.2, -0.15) is 6.42 Å². The van der Waals surface area contributed by atoms with Crippen molar-refractivity contribution in [1.82, 2.24) is 0 Å². The summed E-state index contributed by atoms with van der Waals surface area (Å²) in [5, 5.41) is 8.35. The van der Waals surface area contributed by atoms with Crippen molar-refractivity contribution in [3.05, 3.63) is 6.92 Å². The standard InChI is InChI=1S/C10H20O2.C6H13.Na/c1-2-3-4-5-6-7-8-9-10(11)12;1-3-5-6-4-2;/h2-9H2,1H3,(H,11,12);1,3-6H2,2H3;/q;-1;+1. The summed E-state index contributed by atoms with van der Waals surface area (Å²) in [6.07, 6.45) is 13.7. The first-order valence-corrected chi connectivity index (χ1v) is 7.70. The summed E-state index contributed by atoms with van der Waals surface area (Å²) >= 11 is 0. The van der Waals surface area contributed by atoms with Crippen molar-refractivity contribution in [2.24, 2.45) is 0 Å². The van der Waals surface area contributed by atoms with Crippen molar-refractivity contribution < 1.29 is 39.5 Å². The van der Waals surface area contributed by atoms with Gasteiger partial charge in [0.05, 0.1) is 0 Å². The van der Waals surface area contributed by atoms with Gasteiger partial charge in [0, 0.05) is 6.42 Å². The molecule has 0 aliphatic carbocycles. The Kier molecular flexibility index (Phi) is 30.4. The van der Waals surface area contributed by atoms with Gasteiger partial charge in [0.2, 0.25) is 0 Å². The van der Waals surface area contributed by atoms with Crippen molar-refractivity contribution in [3.63, 3.8) is 0 Å². The number of unbranched alkanes of at least 4 members (excludes halogenated alkanes) is 9. The molecule has 0 saturated carbocycles. The second kappa shape index (κ2) is 23.6. The zero-order chi connectivity index (χ0) is 14.1. The van der Waals surface area contributed by atoms with E-state index in [0.717, 1.165) is 19.3 Å². The van der Waals surface area contributed by atoms with Gasteiger partial charge in [-0.3, -0.25) is 4.79 Å².